The Bertz CT molecular complexity index is 1170. The van der Waals surface area contributed by atoms with E-state index in [1.54, 1.807) is 0 Å². The van der Waals surface area contributed by atoms with Gasteiger partial charge in [-0.25, -0.2) is 0 Å². The van der Waals surface area contributed by atoms with E-state index in [1.807, 2.05) is 50.2 Å². The van der Waals surface area contributed by atoms with Crippen molar-refractivity contribution < 1.29 is 15.7 Å². The Balaban J connectivity index is 0.00000231. The van der Waals surface area contributed by atoms with Crippen molar-refractivity contribution >= 4 is 22.5 Å². The summed E-state index contributed by atoms with van der Waals surface area (Å²) in [6, 6.07) is 14.0. The number of amides is 1. The van der Waals surface area contributed by atoms with Crippen LogP contribution >= 0.6 is 0 Å². The first-order valence-electron chi connectivity index (χ1n) is 10.5. The summed E-state index contributed by atoms with van der Waals surface area (Å²) in [5.41, 5.74) is 3.63. The van der Waals surface area contributed by atoms with Gasteiger partial charge in [0.15, 0.2) is 11.5 Å². The molecule has 1 fully saturated rings. The molecule has 2 aliphatic rings. The predicted molar refractivity (Wildman–Crippen MR) is 120 cm³/mol. The van der Waals surface area contributed by atoms with Gasteiger partial charge in [-0.15, -0.1) is 0 Å². The van der Waals surface area contributed by atoms with Crippen LogP contribution in [0.5, 0.6) is 11.5 Å². The molecule has 2 aromatic carbocycles. The van der Waals surface area contributed by atoms with Gasteiger partial charge in [-0.05, 0) is 54.8 Å². The van der Waals surface area contributed by atoms with E-state index >= 15 is 0 Å². The van der Waals surface area contributed by atoms with Crippen LogP contribution in [0, 0.1) is 0 Å². The molecule has 5 nitrogen and oxygen atoms in total. The van der Waals surface area contributed by atoms with Crippen LogP contribution in [-0.2, 0) is 15.6 Å². The molecule has 1 aromatic heterocycles. The monoisotopic (exact) mass is 406 g/mol. The molecule has 5 rings (SSSR count). The Kier molecular flexibility index (Phi) is 3.83. The van der Waals surface area contributed by atoms with Gasteiger partial charge < -0.3 is 19.8 Å². The van der Waals surface area contributed by atoms with Crippen molar-refractivity contribution in [2.45, 2.75) is 64.1 Å². The van der Waals surface area contributed by atoms with E-state index in [9.17, 15) is 4.79 Å². The summed E-state index contributed by atoms with van der Waals surface area (Å²) < 4.78 is 11.7. The Hall–Kier alpha value is -2.95. The number of aromatic amines is 1. The SMILES string of the molecule is CC1(C)Oc2ccc(C3(C(=O)Nc4ccc5[nH]c(C(C)(C)C)cc5c4)CC3)cc2O1.[HH]. The average molecular weight is 407 g/mol. The lowest BCUT2D eigenvalue weighted by atomic mass is 9.92. The Morgan fingerprint density at radius 1 is 1.03 bits per heavy atom. The van der Waals surface area contributed by atoms with E-state index in [0.29, 0.717) is 5.75 Å². The van der Waals surface area contributed by atoms with Crippen LogP contribution in [0.3, 0.4) is 0 Å². The van der Waals surface area contributed by atoms with Gasteiger partial charge in [0.05, 0.1) is 5.41 Å². The molecule has 158 valence electrons. The number of carbonyl (C=O) groups is 1. The van der Waals surface area contributed by atoms with E-state index in [-0.39, 0.29) is 12.7 Å². The first kappa shape index (κ1) is 19.0. The smallest absolute Gasteiger partial charge is 0.246 e. The van der Waals surface area contributed by atoms with E-state index in [4.69, 9.17) is 9.47 Å². The zero-order valence-electron chi connectivity index (χ0n) is 18.2. The number of anilines is 1. The molecule has 3 aromatic rings. The highest BCUT2D eigenvalue weighted by Gasteiger charge is 2.52. The van der Waals surface area contributed by atoms with Crippen LogP contribution in [0.15, 0.2) is 42.5 Å². The Morgan fingerprint density at radius 3 is 2.47 bits per heavy atom. The fourth-order valence-electron chi connectivity index (χ4n) is 4.16. The summed E-state index contributed by atoms with van der Waals surface area (Å²) in [7, 11) is 0. The van der Waals surface area contributed by atoms with Gasteiger partial charge in [0.1, 0.15) is 0 Å². The number of fused-ring (bicyclic) bond motifs is 2. The number of benzene rings is 2. The minimum atomic E-state index is -0.669. The molecule has 0 atom stereocenters. The summed E-state index contributed by atoms with van der Waals surface area (Å²) in [6.45, 7) is 10.3. The fraction of sp³-hybridized carbons (Fsp3) is 0.400. The second-order valence-electron chi connectivity index (χ2n) is 10.0. The van der Waals surface area contributed by atoms with Gasteiger partial charge in [0.2, 0.25) is 11.7 Å². The lowest BCUT2D eigenvalue weighted by Gasteiger charge is -2.17. The van der Waals surface area contributed by atoms with Crippen LogP contribution in [0.2, 0.25) is 0 Å². The van der Waals surface area contributed by atoms with Crippen molar-refractivity contribution in [3.63, 3.8) is 0 Å². The molecule has 0 bridgehead atoms. The zero-order chi connectivity index (χ0) is 21.3. The Morgan fingerprint density at radius 2 is 1.77 bits per heavy atom. The summed E-state index contributed by atoms with van der Waals surface area (Å²) >= 11 is 0. The highest BCUT2D eigenvalue weighted by molar-refractivity contribution is 6.02. The second-order valence-corrected chi connectivity index (χ2v) is 10.0. The maximum absolute atomic E-state index is 13.2. The number of carbonyl (C=O) groups excluding carboxylic acids is 1. The molecule has 30 heavy (non-hydrogen) atoms. The van der Waals surface area contributed by atoms with Crippen molar-refractivity contribution in [2.75, 3.05) is 5.32 Å². The second kappa shape index (κ2) is 6.03. The molecular weight excluding hydrogens is 376 g/mol. The van der Waals surface area contributed by atoms with E-state index < -0.39 is 11.2 Å². The molecule has 0 unspecified atom stereocenters. The van der Waals surface area contributed by atoms with Gasteiger partial charge in [-0.1, -0.05) is 26.8 Å². The first-order valence-corrected chi connectivity index (χ1v) is 10.5. The quantitative estimate of drug-likeness (QED) is 0.570. The number of hydrogen-bond donors (Lipinski definition) is 2. The largest absolute Gasteiger partial charge is 0.449 e. The fourth-order valence-corrected chi connectivity index (χ4v) is 4.16. The number of hydrogen-bond acceptors (Lipinski definition) is 3. The molecular formula is C25H30N2O3. The van der Waals surface area contributed by atoms with Gasteiger partial charge in [-0.2, -0.15) is 0 Å². The average Bonchev–Trinajstić information content (AvgIpc) is 3.24. The van der Waals surface area contributed by atoms with Crippen LogP contribution in [-0.4, -0.2) is 16.7 Å². The number of ether oxygens (including phenoxy) is 2. The molecule has 0 radical (unpaired) electrons. The highest BCUT2D eigenvalue weighted by Crippen LogP contribution is 2.52. The van der Waals surface area contributed by atoms with Gasteiger partial charge in [0, 0.05) is 43.0 Å². The van der Waals surface area contributed by atoms with Crippen LogP contribution < -0.4 is 14.8 Å². The molecule has 1 aliphatic carbocycles. The maximum atomic E-state index is 13.2. The Labute approximate surface area is 178 Å². The van der Waals surface area contributed by atoms with E-state index in [1.165, 1.54) is 5.69 Å². The lowest BCUT2D eigenvalue weighted by Crippen LogP contribution is -2.29. The first-order chi connectivity index (χ1) is 14.1. The van der Waals surface area contributed by atoms with Crippen molar-refractivity contribution in [1.29, 1.82) is 0 Å². The van der Waals surface area contributed by atoms with Gasteiger partial charge >= 0.3 is 0 Å². The van der Waals surface area contributed by atoms with Gasteiger partial charge in [-0.3, -0.25) is 4.79 Å². The van der Waals surface area contributed by atoms with Crippen molar-refractivity contribution in [3.05, 3.63) is 53.7 Å². The predicted octanol–water partition coefficient (Wildman–Crippen LogP) is 5.89. The normalized spacial score (nSPS) is 18.4. The molecule has 1 aliphatic heterocycles. The third-order valence-corrected chi connectivity index (χ3v) is 6.08. The summed E-state index contributed by atoms with van der Waals surface area (Å²) in [5.74, 6) is 0.803. The summed E-state index contributed by atoms with van der Waals surface area (Å²) in [5, 5.41) is 4.25. The molecule has 2 N–H and O–H groups in total. The molecule has 5 heteroatoms. The van der Waals surface area contributed by atoms with E-state index in [2.05, 4.69) is 37.1 Å². The summed E-state index contributed by atoms with van der Waals surface area (Å²) in [4.78, 5) is 16.7. The maximum Gasteiger partial charge on any atom is 0.246 e. The number of rotatable bonds is 3. The minimum absolute atomic E-state index is 0. The zero-order valence-corrected chi connectivity index (χ0v) is 18.2. The minimum Gasteiger partial charge on any atom is -0.449 e. The number of aromatic nitrogens is 1. The molecule has 1 amide bonds. The third-order valence-electron chi connectivity index (χ3n) is 6.08. The van der Waals surface area contributed by atoms with Crippen LogP contribution in [0.4, 0.5) is 5.69 Å². The van der Waals surface area contributed by atoms with Crippen LogP contribution in [0.1, 0.15) is 60.1 Å². The van der Waals surface area contributed by atoms with Gasteiger partial charge in [0.25, 0.3) is 0 Å². The molecule has 2 heterocycles. The topological polar surface area (TPSA) is 63.3 Å². The van der Waals surface area contributed by atoms with Crippen LogP contribution in [0.25, 0.3) is 10.9 Å². The number of H-pyrrole nitrogens is 1. The molecule has 1 saturated carbocycles. The molecule has 0 saturated heterocycles. The number of nitrogens with one attached hydrogen (secondary N) is 2. The highest BCUT2D eigenvalue weighted by atomic mass is 16.7. The lowest BCUT2D eigenvalue weighted by molar-refractivity contribution is -0.118. The van der Waals surface area contributed by atoms with Crippen molar-refractivity contribution in [3.8, 4) is 11.5 Å². The molecule has 0 spiro atoms. The van der Waals surface area contributed by atoms with Crippen molar-refractivity contribution in [1.82, 2.24) is 4.98 Å². The van der Waals surface area contributed by atoms with E-state index in [0.717, 1.165) is 40.7 Å². The summed E-state index contributed by atoms with van der Waals surface area (Å²) in [6.07, 6.45) is 1.67. The standard InChI is InChI=1S/C25H28N2O3.H2/c1-23(2,3)21-13-15-12-17(7-8-18(15)27-21)26-22(28)25(10-11-25)16-6-9-19-20(14-16)30-24(4,5)29-19;/h6-9,12-14,27H,10-11H2,1-5H3,(H,26,28);1H. The van der Waals surface area contributed by atoms with Crippen molar-refractivity contribution in [2.24, 2.45) is 0 Å². The third kappa shape index (κ3) is 3.13.